The second kappa shape index (κ2) is 9.07. The summed E-state index contributed by atoms with van der Waals surface area (Å²) in [6, 6.07) is 14.9. The van der Waals surface area contributed by atoms with Crippen LogP contribution in [0.25, 0.3) is 11.1 Å². The Morgan fingerprint density at radius 2 is 1.94 bits per heavy atom. The summed E-state index contributed by atoms with van der Waals surface area (Å²) in [5.74, 6) is 0.709. The first-order chi connectivity index (χ1) is 16.9. The van der Waals surface area contributed by atoms with Crippen LogP contribution in [0.1, 0.15) is 58.2 Å². The third-order valence-corrected chi connectivity index (χ3v) is 7.00. The largest absolute Gasteiger partial charge is 0.492 e. The molecule has 5 nitrogen and oxygen atoms in total. The van der Waals surface area contributed by atoms with Gasteiger partial charge < -0.3 is 14.2 Å². The summed E-state index contributed by atoms with van der Waals surface area (Å²) in [4.78, 5) is 11.7. The zero-order valence-electron chi connectivity index (χ0n) is 20.0. The SMILES string of the molecule is COC(=O)CC1COc2cc(O[C@@H]3CCc4c(-c5c(C)cc(C#N)cc5C)ccc(F)c43)ccc21. The van der Waals surface area contributed by atoms with Crippen molar-refractivity contribution in [2.75, 3.05) is 13.7 Å². The summed E-state index contributed by atoms with van der Waals surface area (Å²) in [6.07, 6.45) is 1.23. The number of ether oxygens (including phenoxy) is 3. The van der Waals surface area contributed by atoms with Crippen molar-refractivity contribution in [3.63, 3.8) is 0 Å². The molecule has 3 aromatic carbocycles. The van der Waals surface area contributed by atoms with E-state index in [1.165, 1.54) is 13.2 Å². The van der Waals surface area contributed by atoms with Gasteiger partial charge in [-0.2, -0.15) is 5.26 Å². The minimum Gasteiger partial charge on any atom is -0.492 e. The summed E-state index contributed by atoms with van der Waals surface area (Å²) in [5.41, 5.74) is 7.16. The summed E-state index contributed by atoms with van der Waals surface area (Å²) in [5, 5.41) is 9.29. The average Bonchev–Trinajstić information content (AvgIpc) is 3.44. The van der Waals surface area contributed by atoms with E-state index in [-0.39, 0.29) is 24.1 Å². The summed E-state index contributed by atoms with van der Waals surface area (Å²) < 4.78 is 31.9. The zero-order valence-corrected chi connectivity index (χ0v) is 20.0. The molecule has 0 aromatic heterocycles. The van der Waals surface area contributed by atoms with E-state index in [1.54, 1.807) is 0 Å². The molecule has 0 N–H and O–H groups in total. The highest BCUT2D eigenvalue weighted by molar-refractivity contribution is 5.76. The molecule has 0 saturated heterocycles. The molecule has 0 radical (unpaired) electrons. The maximum atomic E-state index is 15.1. The second-order valence-electron chi connectivity index (χ2n) is 9.22. The van der Waals surface area contributed by atoms with E-state index in [0.29, 0.717) is 42.1 Å². The number of carbonyl (C=O) groups is 1. The lowest BCUT2D eigenvalue weighted by Crippen LogP contribution is -2.09. The van der Waals surface area contributed by atoms with Crippen LogP contribution in [0.15, 0.2) is 42.5 Å². The standard InChI is InChI=1S/C29H26FNO4/c1-16-10-18(14-31)11-17(2)28(16)22-6-8-24(30)29-23(22)7-9-25(29)35-20-4-5-21-19(12-27(32)33-3)15-34-26(21)13-20/h4-6,8,10-11,13,19,25H,7,9,12,15H2,1-3H3/t19?,25-/m1/s1. The Kier molecular flexibility index (Phi) is 5.94. The van der Waals surface area contributed by atoms with Gasteiger partial charge in [0.15, 0.2) is 0 Å². The number of methoxy groups -OCH3 is 1. The van der Waals surface area contributed by atoms with Crippen LogP contribution >= 0.6 is 0 Å². The lowest BCUT2D eigenvalue weighted by Gasteiger charge is -2.18. The van der Waals surface area contributed by atoms with Crippen molar-refractivity contribution in [1.82, 2.24) is 0 Å². The summed E-state index contributed by atoms with van der Waals surface area (Å²) in [6.45, 7) is 4.39. The van der Waals surface area contributed by atoms with E-state index in [0.717, 1.165) is 33.4 Å². The third kappa shape index (κ3) is 4.12. The Morgan fingerprint density at radius 1 is 1.17 bits per heavy atom. The number of benzene rings is 3. The van der Waals surface area contributed by atoms with Crippen molar-refractivity contribution < 1.29 is 23.4 Å². The molecule has 0 saturated carbocycles. The molecular weight excluding hydrogens is 445 g/mol. The van der Waals surface area contributed by atoms with Gasteiger partial charge in [0.1, 0.15) is 23.4 Å². The lowest BCUT2D eigenvalue weighted by atomic mass is 9.89. The van der Waals surface area contributed by atoms with E-state index < -0.39 is 6.10 Å². The Morgan fingerprint density at radius 3 is 2.66 bits per heavy atom. The van der Waals surface area contributed by atoms with Crippen LogP contribution in [-0.4, -0.2) is 19.7 Å². The van der Waals surface area contributed by atoms with Gasteiger partial charge >= 0.3 is 5.97 Å². The second-order valence-corrected chi connectivity index (χ2v) is 9.22. The van der Waals surface area contributed by atoms with Crippen molar-refractivity contribution in [3.8, 4) is 28.7 Å². The maximum absolute atomic E-state index is 15.1. The van der Waals surface area contributed by atoms with Gasteiger partial charge in [-0.1, -0.05) is 12.1 Å². The third-order valence-electron chi connectivity index (χ3n) is 7.00. The van der Waals surface area contributed by atoms with Gasteiger partial charge in [-0.15, -0.1) is 0 Å². The lowest BCUT2D eigenvalue weighted by molar-refractivity contribution is -0.141. The number of nitrogens with zero attached hydrogens (tertiary/aromatic N) is 1. The molecule has 0 bridgehead atoms. The Hall–Kier alpha value is -3.85. The van der Waals surface area contributed by atoms with Gasteiger partial charge in [-0.25, -0.2) is 4.39 Å². The van der Waals surface area contributed by atoms with Gasteiger partial charge in [0.25, 0.3) is 0 Å². The molecule has 3 aromatic rings. The van der Waals surface area contributed by atoms with Crippen molar-refractivity contribution in [2.45, 2.75) is 45.1 Å². The number of hydrogen-bond acceptors (Lipinski definition) is 5. The molecule has 5 rings (SSSR count). The van der Waals surface area contributed by atoms with E-state index in [9.17, 15) is 10.1 Å². The Bertz CT molecular complexity index is 1350. The fourth-order valence-corrected chi connectivity index (χ4v) is 5.43. The van der Waals surface area contributed by atoms with E-state index in [2.05, 4.69) is 6.07 Å². The molecule has 6 heteroatoms. The van der Waals surface area contributed by atoms with Gasteiger partial charge in [-0.05, 0) is 78.8 Å². The Labute approximate surface area is 204 Å². The van der Waals surface area contributed by atoms with Gasteiger partial charge in [0.2, 0.25) is 0 Å². The van der Waals surface area contributed by atoms with E-state index in [1.807, 2.05) is 50.2 Å². The number of nitriles is 1. The summed E-state index contributed by atoms with van der Waals surface area (Å²) >= 11 is 0. The molecule has 1 heterocycles. The van der Waals surface area contributed by atoms with Crippen molar-refractivity contribution in [3.05, 3.63) is 81.7 Å². The highest BCUT2D eigenvalue weighted by Crippen LogP contribution is 2.45. The minimum absolute atomic E-state index is 0.0439. The molecule has 1 aliphatic carbocycles. The van der Waals surface area contributed by atoms with Gasteiger partial charge in [0, 0.05) is 23.1 Å². The Balaban J connectivity index is 1.44. The van der Waals surface area contributed by atoms with Gasteiger partial charge in [-0.3, -0.25) is 4.79 Å². The van der Waals surface area contributed by atoms with Crippen molar-refractivity contribution in [2.24, 2.45) is 0 Å². The smallest absolute Gasteiger partial charge is 0.306 e. The van der Waals surface area contributed by atoms with Crippen LogP contribution in [0.4, 0.5) is 4.39 Å². The molecular formula is C29H26FNO4. The number of esters is 1. The average molecular weight is 472 g/mol. The fraction of sp³-hybridized carbons (Fsp3) is 0.310. The predicted octanol–water partition coefficient (Wildman–Crippen LogP) is 6.09. The van der Waals surface area contributed by atoms with Crippen molar-refractivity contribution >= 4 is 5.97 Å². The highest BCUT2D eigenvalue weighted by atomic mass is 19.1. The zero-order chi connectivity index (χ0) is 24.7. The van der Waals surface area contributed by atoms with Crippen LogP contribution in [0.5, 0.6) is 11.5 Å². The van der Waals surface area contributed by atoms with E-state index in [4.69, 9.17) is 14.2 Å². The topological polar surface area (TPSA) is 68.6 Å². The number of aryl methyl sites for hydroxylation is 2. The molecule has 0 spiro atoms. The maximum Gasteiger partial charge on any atom is 0.306 e. The normalized spacial score (nSPS) is 17.8. The monoisotopic (exact) mass is 471 g/mol. The van der Waals surface area contributed by atoms with Crippen LogP contribution in [0, 0.1) is 31.0 Å². The first-order valence-electron chi connectivity index (χ1n) is 11.7. The highest BCUT2D eigenvalue weighted by Gasteiger charge is 2.32. The quantitative estimate of drug-likeness (QED) is 0.422. The molecule has 178 valence electrons. The molecule has 1 unspecified atom stereocenters. The van der Waals surface area contributed by atoms with Crippen LogP contribution in [-0.2, 0) is 16.0 Å². The number of carbonyl (C=O) groups excluding carboxylic acids is 1. The number of hydrogen-bond donors (Lipinski definition) is 0. The van der Waals surface area contributed by atoms with Crippen LogP contribution in [0.3, 0.4) is 0 Å². The first-order valence-corrected chi connectivity index (χ1v) is 11.7. The molecule has 0 amide bonds. The van der Waals surface area contributed by atoms with Gasteiger partial charge in [0.05, 0.1) is 31.8 Å². The molecule has 0 fully saturated rings. The van der Waals surface area contributed by atoms with Crippen LogP contribution in [0.2, 0.25) is 0 Å². The minimum atomic E-state index is -0.408. The molecule has 2 aliphatic rings. The first kappa shape index (κ1) is 22.9. The number of fused-ring (bicyclic) bond motifs is 2. The van der Waals surface area contributed by atoms with E-state index >= 15 is 4.39 Å². The van der Waals surface area contributed by atoms with Crippen molar-refractivity contribution in [1.29, 1.82) is 5.26 Å². The predicted molar refractivity (Wildman–Crippen MR) is 129 cm³/mol. The molecule has 1 aliphatic heterocycles. The number of halogens is 1. The number of rotatable bonds is 5. The van der Waals surface area contributed by atoms with Crippen LogP contribution < -0.4 is 9.47 Å². The fourth-order valence-electron chi connectivity index (χ4n) is 5.43. The molecule has 2 atom stereocenters. The summed E-state index contributed by atoms with van der Waals surface area (Å²) in [7, 11) is 1.38. The molecule has 35 heavy (non-hydrogen) atoms.